The summed E-state index contributed by atoms with van der Waals surface area (Å²) in [6.07, 6.45) is 0. The Kier molecular flexibility index (Phi) is 4.53. The van der Waals surface area contributed by atoms with Crippen LogP contribution in [0.5, 0.6) is 0 Å². The normalized spacial score (nSPS) is 11.1. The van der Waals surface area contributed by atoms with Gasteiger partial charge in [0.05, 0.1) is 4.90 Å². The lowest BCUT2D eigenvalue weighted by molar-refractivity contribution is 0.254. The third-order valence-electron chi connectivity index (χ3n) is 2.58. The fourth-order valence-corrected chi connectivity index (χ4v) is 3.89. The molecule has 112 valence electrons. The molecule has 21 heavy (non-hydrogen) atoms. The SMILES string of the molecule is CNC(=O)Nc1ccc(S(=O)(=O)Cc2nnc(C)s2)cc1. The van der Waals surface area contributed by atoms with E-state index in [2.05, 4.69) is 20.8 Å². The number of anilines is 1. The second-order valence-electron chi connectivity index (χ2n) is 4.20. The van der Waals surface area contributed by atoms with Gasteiger partial charge in [0.15, 0.2) is 9.84 Å². The molecule has 2 rings (SSSR count). The van der Waals surface area contributed by atoms with Crippen LogP contribution < -0.4 is 10.6 Å². The van der Waals surface area contributed by atoms with Crippen molar-refractivity contribution >= 4 is 32.9 Å². The second-order valence-corrected chi connectivity index (χ2v) is 7.46. The first-order chi connectivity index (χ1) is 9.90. The zero-order valence-corrected chi connectivity index (χ0v) is 13.1. The molecule has 0 radical (unpaired) electrons. The first-order valence-electron chi connectivity index (χ1n) is 6.01. The fraction of sp³-hybridized carbons (Fsp3) is 0.250. The van der Waals surface area contributed by atoms with Gasteiger partial charge < -0.3 is 10.6 Å². The van der Waals surface area contributed by atoms with Gasteiger partial charge in [-0.05, 0) is 31.2 Å². The molecule has 2 N–H and O–H groups in total. The average molecular weight is 326 g/mol. The first kappa shape index (κ1) is 15.4. The molecule has 9 heteroatoms. The van der Waals surface area contributed by atoms with Crippen LogP contribution >= 0.6 is 11.3 Å². The largest absolute Gasteiger partial charge is 0.341 e. The van der Waals surface area contributed by atoms with Crippen molar-refractivity contribution < 1.29 is 13.2 Å². The van der Waals surface area contributed by atoms with Gasteiger partial charge in [-0.15, -0.1) is 21.5 Å². The van der Waals surface area contributed by atoms with Crippen LogP contribution in [0.1, 0.15) is 10.0 Å². The van der Waals surface area contributed by atoms with E-state index in [1.807, 2.05) is 0 Å². The molecule has 1 aromatic carbocycles. The van der Waals surface area contributed by atoms with Crippen LogP contribution in [0.15, 0.2) is 29.2 Å². The van der Waals surface area contributed by atoms with Crippen LogP contribution in [0.25, 0.3) is 0 Å². The molecule has 0 fully saturated rings. The summed E-state index contributed by atoms with van der Waals surface area (Å²) in [5.74, 6) is -0.180. The van der Waals surface area contributed by atoms with Crippen molar-refractivity contribution in [2.75, 3.05) is 12.4 Å². The van der Waals surface area contributed by atoms with E-state index in [0.717, 1.165) is 5.01 Å². The number of benzene rings is 1. The first-order valence-corrected chi connectivity index (χ1v) is 8.48. The highest BCUT2D eigenvalue weighted by molar-refractivity contribution is 7.90. The molecule has 1 aromatic heterocycles. The van der Waals surface area contributed by atoms with E-state index in [-0.39, 0.29) is 16.7 Å². The minimum atomic E-state index is -3.47. The number of hydrogen-bond acceptors (Lipinski definition) is 6. The average Bonchev–Trinajstić information content (AvgIpc) is 2.83. The molecule has 7 nitrogen and oxygen atoms in total. The number of rotatable bonds is 4. The van der Waals surface area contributed by atoms with Crippen LogP contribution in [0.2, 0.25) is 0 Å². The van der Waals surface area contributed by atoms with Crippen molar-refractivity contribution in [3.8, 4) is 0 Å². The Morgan fingerprint density at radius 1 is 1.24 bits per heavy atom. The number of hydrogen-bond donors (Lipinski definition) is 2. The third kappa shape index (κ3) is 3.99. The molecule has 0 spiro atoms. The van der Waals surface area contributed by atoms with Gasteiger partial charge >= 0.3 is 6.03 Å². The minimum Gasteiger partial charge on any atom is -0.341 e. The lowest BCUT2D eigenvalue weighted by Crippen LogP contribution is -2.24. The van der Waals surface area contributed by atoms with Crippen molar-refractivity contribution in [1.29, 1.82) is 0 Å². The van der Waals surface area contributed by atoms with E-state index < -0.39 is 9.84 Å². The number of urea groups is 1. The zero-order valence-electron chi connectivity index (χ0n) is 11.5. The maximum absolute atomic E-state index is 12.2. The lowest BCUT2D eigenvalue weighted by Gasteiger charge is -2.06. The van der Waals surface area contributed by atoms with Gasteiger partial charge in [0.1, 0.15) is 15.8 Å². The number of aromatic nitrogens is 2. The summed E-state index contributed by atoms with van der Waals surface area (Å²) >= 11 is 1.26. The number of aryl methyl sites for hydroxylation is 1. The highest BCUT2D eigenvalue weighted by Crippen LogP contribution is 2.20. The fourth-order valence-electron chi connectivity index (χ4n) is 1.58. The molecular weight excluding hydrogens is 312 g/mol. The van der Waals surface area contributed by atoms with Crippen LogP contribution in [0, 0.1) is 6.92 Å². The van der Waals surface area contributed by atoms with E-state index in [1.165, 1.54) is 42.6 Å². The van der Waals surface area contributed by atoms with Gasteiger partial charge in [0.25, 0.3) is 0 Å². The Hall–Kier alpha value is -2.00. The monoisotopic (exact) mass is 326 g/mol. The summed E-state index contributed by atoms with van der Waals surface area (Å²) in [6.45, 7) is 1.77. The molecule has 0 aliphatic rings. The number of carbonyl (C=O) groups is 1. The van der Waals surface area contributed by atoms with Crippen LogP contribution in [-0.4, -0.2) is 31.7 Å². The van der Waals surface area contributed by atoms with Gasteiger partial charge in [0.2, 0.25) is 0 Å². The van der Waals surface area contributed by atoms with Crippen LogP contribution in [0.4, 0.5) is 10.5 Å². The van der Waals surface area contributed by atoms with E-state index in [1.54, 1.807) is 6.92 Å². The van der Waals surface area contributed by atoms with E-state index in [0.29, 0.717) is 10.7 Å². The topological polar surface area (TPSA) is 101 Å². The van der Waals surface area contributed by atoms with Crippen LogP contribution in [-0.2, 0) is 15.6 Å². The van der Waals surface area contributed by atoms with Gasteiger partial charge in [-0.25, -0.2) is 13.2 Å². The van der Waals surface area contributed by atoms with Gasteiger partial charge in [-0.3, -0.25) is 0 Å². The molecule has 0 saturated carbocycles. The summed E-state index contributed by atoms with van der Waals surface area (Å²) < 4.78 is 24.5. The highest BCUT2D eigenvalue weighted by Gasteiger charge is 2.18. The molecule has 0 bridgehead atoms. The number of sulfone groups is 1. The minimum absolute atomic E-state index is 0.179. The van der Waals surface area contributed by atoms with Crippen molar-refractivity contribution in [3.05, 3.63) is 34.3 Å². The Balaban J connectivity index is 2.15. The Morgan fingerprint density at radius 2 is 1.90 bits per heavy atom. The summed E-state index contributed by atoms with van der Waals surface area (Å²) in [5.41, 5.74) is 0.514. The zero-order chi connectivity index (χ0) is 15.5. The molecule has 0 aliphatic heterocycles. The third-order valence-corrected chi connectivity index (χ3v) is 5.25. The quantitative estimate of drug-likeness (QED) is 0.888. The van der Waals surface area contributed by atoms with Gasteiger partial charge in [0, 0.05) is 12.7 Å². The molecule has 0 unspecified atom stereocenters. The molecule has 0 saturated heterocycles. The summed E-state index contributed by atoms with van der Waals surface area (Å²) in [5, 5.41) is 13.8. The van der Waals surface area contributed by atoms with Crippen molar-refractivity contribution in [1.82, 2.24) is 15.5 Å². The van der Waals surface area contributed by atoms with Crippen molar-refractivity contribution in [3.63, 3.8) is 0 Å². The molecule has 0 atom stereocenters. The summed E-state index contributed by atoms with van der Waals surface area (Å²) in [6, 6.07) is 5.61. The Morgan fingerprint density at radius 3 is 2.43 bits per heavy atom. The van der Waals surface area contributed by atoms with Crippen molar-refractivity contribution in [2.24, 2.45) is 0 Å². The maximum Gasteiger partial charge on any atom is 0.318 e. The second kappa shape index (κ2) is 6.19. The van der Waals surface area contributed by atoms with Gasteiger partial charge in [-0.1, -0.05) is 0 Å². The predicted octanol–water partition coefficient (Wildman–Crippen LogP) is 1.57. The molecular formula is C12H14N4O3S2. The summed E-state index contributed by atoms with van der Waals surface area (Å²) in [7, 11) is -1.97. The van der Waals surface area contributed by atoms with Gasteiger partial charge in [-0.2, -0.15) is 0 Å². The number of nitrogens with zero attached hydrogens (tertiary/aromatic N) is 2. The Labute approximate surface area is 126 Å². The number of nitrogens with one attached hydrogen (secondary N) is 2. The molecule has 2 aromatic rings. The van der Waals surface area contributed by atoms with Crippen molar-refractivity contribution in [2.45, 2.75) is 17.6 Å². The lowest BCUT2D eigenvalue weighted by atomic mass is 10.3. The van der Waals surface area contributed by atoms with E-state index in [9.17, 15) is 13.2 Å². The maximum atomic E-state index is 12.2. The highest BCUT2D eigenvalue weighted by atomic mass is 32.2. The number of amides is 2. The molecule has 1 heterocycles. The van der Waals surface area contributed by atoms with E-state index in [4.69, 9.17) is 0 Å². The molecule has 0 aliphatic carbocycles. The van der Waals surface area contributed by atoms with E-state index >= 15 is 0 Å². The summed E-state index contributed by atoms with van der Waals surface area (Å²) in [4.78, 5) is 11.3. The smallest absolute Gasteiger partial charge is 0.318 e. The molecule has 2 amide bonds. The standard InChI is InChI=1S/C12H14N4O3S2/c1-8-15-16-11(20-8)7-21(18,19)10-5-3-9(4-6-10)14-12(17)13-2/h3-6H,7H2,1-2H3,(H2,13,14,17). The number of carbonyl (C=O) groups excluding carboxylic acids is 1. The predicted molar refractivity (Wildman–Crippen MR) is 80.1 cm³/mol. The van der Waals surface area contributed by atoms with Crippen LogP contribution in [0.3, 0.4) is 0 Å². The Bertz CT molecular complexity index is 738.